The topological polar surface area (TPSA) is 38.9 Å². The zero-order valence-corrected chi connectivity index (χ0v) is 8.99. The monoisotopic (exact) mass is 208 g/mol. The second-order valence-corrected chi connectivity index (χ2v) is 2.77. The highest BCUT2D eigenvalue weighted by atomic mass is 19.1. The Labute approximate surface area is 87.9 Å². The van der Waals surface area contributed by atoms with Gasteiger partial charge in [-0.15, -0.1) is 0 Å². The van der Waals surface area contributed by atoms with Crippen molar-refractivity contribution in [3.8, 4) is 11.4 Å². The second-order valence-electron chi connectivity index (χ2n) is 2.77. The SMILES string of the molecule is CC.Cc1cc(F)cc(-c2ncon2)c1. The molecule has 0 saturated heterocycles. The lowest BCUT2D eigenvalue weighted by Crippen LogP contribution is -1.84. The van der Waals surface area contributed by atoms with Crippen molar-refractivity contribution >= 4 is 0 Å². The van der Waals surface area contributed by atoms with Gasteiger partial charge in [0.1, 0.15) is 5.82 Å². The van der Waals surface area contributed by atoms with Crippen LogP contribution in [0.25, 0.3) is 11.4 Å². The summed E-state index contributed by atoms with van der Waals surface area (Å²) in [4.78, 5) is 3.82. The minimum absolute atomic E-state index is 0.292. The molecule has 0 fully saturated rings. The van der Waals surface area contributed by atoms with Gasteiger partial charge in [0, 0.05) is 5.56 Å². The minimum Gasteiger partial charge on any atom is -0.342 e. The quantitative estimate of drug-likeness (QED) is 0.722. The summed E-state index contributed by atoms with van der Waals surface area (Å²) in [5, 5.41) is 3.62. The lowest BCUT2D eigenvalue weighted by molar-refractivity contribution is 0.418. The van der Waals surface area contributed by atoms with Crippen LogP contribution in [0.3, 0.4) is 0 Å². The zero-order chi connectivity index (χ0) is 11.3. The Morgan fingerprint density at radius 2 is 1.93 bits per heavy atom. The first-order valence-electron chi connectivity index (χ1n) is 4.79. The molecule has 2 aromatic rings. The van der Waals surface area contributed by atoms with Gasteiger partial charge in [0.25, 0.3) is 0 Å². The Morgan fingerprint density at radius 1 is 1.20 bits per heavy atom. The van der Waals surface area contributed by atoms with Gasteiger partial charge in [-0.3, -0.25) is 0 Å². The number of aryl methyl sites for hydroxylation is 1. The molecule has 2 rings (SSSR count). The van der Waals surface area contributed by atoms with Gasteiger partial charge in [0.15, 0.2) is 0 Å². The standard InChI is InChI=1S/C9H7FN2O.C2H6/c1-6-2-7(4-8(10)3-6)9-11-5-13-12-9;1-2/h2-5H,1H3;1-2H3. The molecular formula is C11H13FN2O. The van der Waals surface area contributed by atoms with E-state index in [1.54, 1.807) is 6.07 Å². The average molecular weight is 208 g/mol. The summed E-state index contributed by atoms with van der Waals surface area (Å²) in [6, 6.07) is 4.62. The molecule has 0 radical (unpaired) electrons. The number of halogens is 1. The van der Waals surface area contributed by atoms with Crippen LogP contribution in [0, 0.1) is 12.7 Å². The van der Waals surface area contributed by atoms with E-state index in [2.05, 4.69) is 14.7 Å². The fraction of sp³-hybridized carbons (Fsp3) is 0.273. The lowest BCUT2D eigenvalue weighted by atomic mass is 10.1. The van der Waals surface area contributed by atoms with Gasteiger partial charge < -0.3 is 4.52 Å². The van der Waals surface area contributed by atoms with E-state index in [-0.39, 0.29) is 5.82 Å². The highest BCUT2D eigenvalue weighted by Gasteiger charge is 2.04. The third kappa shape index (κ3) is 2.87. The Morgan fingerprint density at radius 3 is 2.47 bits per heavy atom. The van der Waals surface area contributed by atoms with Crippen molar-refractivity contribution in [3.05, 3.63) is 36.0 Å². The zero-order valence-electron chi connectivity index (χ0n) is 8.99. The first-order valence-corrected chi connectivity index (χ1v) is 4.79. The summed E-state index contributed by atoms with van der Waals surface area (Å²) in [6.07, 6.45) is 1.22. The third-order valence-electron chi connectivity index (χ3n) is 1.66. The summed E-state index contributed by atoms with van der Waals surface area (Å²) in [5.74, 6) is 0.113. The van der Waals surface area contributed by atoms with Crippen molar-refractivity contribution in [1.82, 2.24) is 10.1 Å². The molecule has 3 nitrogen and oxygen atoms in total. The normalized spacial score (nSPS) is 9.33. The third-order valence-corrected chi connectivity index (χ3v) is 1.66. The Hall–Kier alpha value is -1.71. The summed E-state index contributed by atoms with van der Waals surface area (Å²) in [6.45, 7) is 5.81. The molecule has 0 atom stereocenters. The van der Waals surface area contributed by atoms with E-state index in [1.165, 1.54) is 18.5 Å². The number of nitrogens with zero attached hydrogens (tertiary/aromatic N) is 2. The first-order chi connectivity index (χ1) is 7.25. The van der Waals surface area contributed by atoms with Crippen LogP contribution in [-0.2, 0) is 0 Å². The molecule has 0 unspecified atom stereocenters. The number of aromatic nitrogens is 2. The highest BCUT2D eigenvalue weighted by molar-refractivity contribution is 5.55. The van der Waals surface area contributed by atoms with Gasteiger partial charge in [0.2, 0.25) is 12.2 Å². The molecule has 1 aromatic heterocycles. The van der Waals surface area contributed by atoms with Gasteiger partial charge in [-0.05, 0) is 30.7 Å². The molecule has 0 spiro atoms. The van der Waals surface area contributed by atoms with Crippen LogP contribution in [0.4, 0.5) is 4.39 Å². The molecule has 1 aromatic carbocycles. The van der Waals surface area contributed by atoms with Crippen LogP contribution in [0.5, 0.6) is 0 Å². The second kappa shape index (κ2) is 5.24. The largest absolute Gasteiger partial charge is 0.342 e. The van der Waals surface area contributed by atoms with Crippen LogP contribution in [0.1, 0.15) is 19.4 Å². The van der Waals surface area contributed by atoms with Gasteiger partial charge in [0.05, 0.1) is 0 Å². The fourth-order valence-corrected chi connectivity index (χ4v) is 1.16. The Kier molecular flexibility index (Phi) is 3.97. The van der Waals surface area contributed by atoms with Crippen molar-refractivity contribution in [1.29, 1.82) is 0 Å². The molecule has 80 valence electrons. The summed E-state index contributed by atoms with van der Waals surface area (Å²) >= 11 is 0. The van der Waals surface area contributed by atoms with E-state index in [9.17, 15) is 4.39 Å². The van der Waals surface area contributed by atoms with Crippen molar-refractivity contribution in [2.24, 2.45) is 0 Å². The maximum atomic E-state index is 12.9. The molecule has 0 aliphatic rings. The Bertz CT molecular complexity index is 392. The number of hydrogen-bond donors (Lipinski definition) is 0. The van der Waals surface area contributed by atoms with E-state index in [4.69, 9.17) is 0 Å². The van der Waals surface area contributed by atoms with Gasteiger partial charge in [-0.2, -0.15) is 4.98 Å². The van der Waals surface area contributed by atoms with Crippen LogP contribution < -0.4 is 0 Å². The summed E-state index contributed by atoms with van der Waals surface area (Å²) in [7, 11) is 0. The smallest absolute Gasteiger partial charge is 0.214 e. The van der Waals surface area contributed by atoms with E-state index >= 15 is 0 Å². The number of rotatable bonds is 1. The molecule has 0 aliphatic carbocycles. The van der Waals surface area contributed by atoms with Crippen LogP contribution >= 0.6 is 0 Å². The highest BCUT2D eigenvalue weighted by Crippen LogP contribution is 2.17. The number of benzene rings is 1. The molecule has 0 N–H and O–H groups in total. The van der Waals surface area contributed by atoms with Crippen molar-refractivity contribution in [2.75, 3.05) is 0 Å². The first kappa shape index (κ1) is 11.4. The van der Waals surface area contributed by atoms with Crippen LogP contribution in [0.15, 0.2) is 29.1 Å². The molecule has 0 aliphatic heterocycles. The van der Waals surface area contributed by atoms with E-state index < -0.39 is 0 Å². The van der Waals surface area contributed by atoms with Crippen molar-refractivity contribution < 1.29 is 8.91 Å². The molecule has 0 amide bonds. The maximum absolute atomic E-state index is 12.9. The minimum atomic E-state index is -0.292. The molecule has 0 saturated carbocycles. The lowest BCUT2D eigenvalue weighted by Gasteiger charge is -1.97. The predicted molar refractivity (Wildman–Crippen MR) is 55.8 cm³/mol. The average Bonchev–Trinajstić information content (AvgIpc) is 2.72. The van der Waals surface area contributed by atoms with Crippen LogP contribution in [0.2, 0.25) is 0 Å². The van der Waals surface area contributed by atoms with Crippen molar-refractivity contribution in [3.63, 3.8) is 0 Å². The molecule has 1 heterocycles. The van der Waals surface area contributed by atoms with E-state index in [0.717, 1.165) is 5.56 Å². The molecule has 15 heavy (non-hydrogen) atoms. The predicted octanol–water partition coefficient (Wildman–Crippen LogP) is 3.21. The number of hydrogen-bond acceptors (Lipinski definition) is 3. The molecule has 4 heteroatoms. The maximum Gasteiger partial charge on any atom is 0.214 e. The van der Waals surface area contributed by atoms with E-state index in [0.29, 0.717) is 11.4 Å². The van der Waals surface area contributed by atoms with E-state index in [1.807, 2.05) is 20.8 Å². The van der Waals surface area contributed by atoms with Crippen molar-refractivity contribution in [2.45, 2.75) is 20.8 Å². The Balaban J connectivity index is 0.000000531. The summed E-state index contributed by atoms with van der Waals surface area (Å²) in [5.41, 5.74) is 1.46. The molecular weight excluding hydrogens is 195 g/mol. The van der Waals surface area contributed by atoms with Crippen LogP contribution in [-0.4, -0.2) is 10.1 Å². The summed E-state index contributed by atoms with van der Waals surface area (Å²) < 4.78 is 17.5. The molecule has 0 bridgehead atoms. The van der Waals surface area contributed by atoms with Gasteiger partial charge >= 0.3 is 0 Å². The van der Waals surface area contributed by atoms with Gasteiger partial charge in [-0.1, -0.05) is 19.0 Å². The fourth-order valence-electron chi connectivity index (χ4n) is 1.16. The van der Waals surface area contributed by atoms with Gasteiger partial charge in [-0.25, -0.2) is 4.39 Å².